The summed E-state index contributed by atoms with van der Waals surface area (Å²) in [6.07, 6.45) is -2.22. The molecule has 43 heavy (non-hydrogen) atoms. The van der Waals surface area contributed by atoms with E-state index in [1.165, 1.54) is 19.3 Å². The quantitative estimate of drug-likeness (QED) is 0.163. The maximum absolute atomic E-state index is 13.3. The summed E-state index contributed by atoms with van der Waals surface area (Å²) in [6, 6.07) is 16.8. The molecule has 226 valence electrons. The lowest BCUT2D eigenvalue weighted by atomic mass is 9.86. The number of esters is 1. The number of nitrogens with two attached hydrogens (primary N) is 1. The lowest BCUT2D eigenvalue weighted by molar-refractivity contribution is -0.137. The molecular weight excluding hydrogens is 613 g/mol. The topological polar surface area (TPSA) is 144 Å². The number of hydrogen-bond acceptors (Lipinski definition) is 7. The highest BCUT2D eigenvalue weighted by atomic mass is 35.5. The van der Waals surface area contributed by atoms with Crippen LogP contribution in [0.25, 0.3) is 0 Å². The molecule has 1 unspecified atom stereocenters. The van der Waals surface area contributed by atoms with Gasteiger partial charge in [0, 0.05) is 11.6 Å². The molecule has 0 amide bonds. The van der Waals surface area contributed by atoms with E-state index in [0.29, 0.717) is 22.9 Å². The summed E-state index contributed by atoms with van der Waals surface area (Å²) in [4.78, 5) is 10.4. The number of ether oxygens (including phenoxy) is 2. The second-order valence-electron chi connectivity index (χ2n) is 9.06. The van der Waals surface area contributed by atoms with Gasteiger partial charge in [-0.1, -0.05) is 41.9 Å². The van der Waals surface area contributed by atoms with Crippen LogP contribution in [0.4, 0.5) is 13.2 Å². The number of alkyl halides is 3. The van der Waals surface area contributed by atoms with Gasteiger partial charge in [-0.05, 0) is 54.1 Å². The van der Waals surface area contributed by atoms with Gasteiger partial charge in [0.1, 0.15) is 18.1 Å². The molecule has 0 saturated heterocycles. The van der Waals surface area contributed by atoms with Gasteiger partial charge in [-0.25, -0.2) is 9.80 Å². The van der Waals surface area contributed by atoms with E-state index >= 15 is 0 Å². The number of rotatable bonds is 8. The van der Waals surface area contributed by atoms with Gasteiger partial charge in [0.15, 0.2) is 5.60 Å². The Balaban J connectivity index is 1.66. The Morgan fingerprint density at radius 2 is 1.84 bits per heavy atom. The zero-order valence-corrected chi connectivity index (χ0v) is 23.9. The lowest BCUT2D eigenvalue weighted by Gasteiger charge is -2.25. The van der Waals surface area contributed by atoms with Gasteiger partial charge in [0.2, 0.25) is 5.96 Å². The molecule has 0 radical (unpaired) electrons. The highest BCUT2D eigenvalue weighted by molar-refractivity contribution is 7.90. The first-order valence-corrected chi connectivity index (χ1v) is 14.2. The van der Waals surface area contributed by atoms with Crippen LogP contribution in [0.15, 0.2) is 99.3 Å². The van der Waals surface area contributed by atoms with E-state index in [0.717, 1.165) is 17.1 Å². The molecule has 0 spiro atoms. The van der Waals surface area contributed by atoms with E-state index in [9.17, 15) is 31.5 Å². The molecule has 0 aromatic heterocycles. The standard InChI is InChI=1S/C28H24ClF3N4O6S/c1-41-24(37)8-5-15-42-20-11-9-18(10-12-20)25-27(38,19-6-3-2-4-7-19)17-36(34-25)26(33)35-43(39,40)21-13-14-23(29)22(16-21)28(30,31)32/h2-14,16,38H,15,17H2,1H3,(H2,33,35)/b8-5+. The molecule has 0 fully saturated rings. The van der Waals surface area contributed by atoms with E-state index in [-0.39, 0.29) is 18.9 Å². The SMILES string of the molecule is COC(=O)/C=C/COc1ccc(C2=NN(/C(N)=N/S(=O)(=O)c3ccc(Cl)c(C(F)(F)F)c3)CC2(O)c2ccccc2)cc1. The normalized spacial score (nSPS) is 17.7. The van der Waals surface area contributed by atoms with Crippen LogP contribution in [-0.2, 0) is 31.3 Å². The van der Waals surface area contributed by atoms with Crippen molar-refractivity contribution in [2.75, 3.05) is 20.3 Å². The minimum Gasteiger partial charge on any atom is -0.490 e. The number of hydrogen-bond donors (Lipinski definition) is 2. The predicted molar refractivity (Wildman–Crippen MR) is 152 cm³/mol. The largest absolute Gasteiger partial charge is 0.490 e. The van der Waals surface area contributed by atoms with Gasteiger partial charge in [-0.15, -0.1) is 4.40 Å². The van der Waals surface area contributed by atoms with Crippen LogP contribution in [0.5, 0.6) is 5.75 Å². The Morgan fingerprint density at radius 1 is 1.16 bits per heavy atom. The number of halogens is 4. The first kappa shape index (κ1) is 31.5. The van der Waals surface area contributed by atoms with Crippen molar-refractivity contribution in [1.29, 1.82) is 0 Å². The Morgan fingerprint density at radius 3 is 2.47 bits per heavy atom. The monoisotopic (exact) mass is 636 g/mol. The summed E-state index contributed by atoms with van der Waals surface area (Å²) < 4.78 is 79.3. The number of nitrogens with zero attached hydrogens (tertiary/aromatic N) is 3. The smallest absolute Gasteiger partial charge is 0.417 e. The van der Waals surface area contributed by atoms with Gasteiger partial charge >= 0.3 is 12.1 Å². The third-order valence-corrected chi connectivity index (χ3v) is 7.80. The Hall–Kier alpha value is -4.40. The summed E-state index contributed by atoms with van der Waals surface area (Å²) in [5.41, 5.74) is 3.78. The van der Waals surface area contributed by atoms with Gasteiger partial charge in [0.25, 0.3) is 10.0 Å². The van der Waals surface area contributed by atoms with Gasteiger partial charge < -0.3 is 20.3 Å². The number of sulfonamides is 1. The molecule has 0 aliphatic carbocycles. The number of aliphatic hydroxyl groups is 1. The highest BCUT2D eigenvalue weighted by Crippen LogP contribution is 2.37. The average molecular weight is 637 g/mol. The van der Waals surface area contributed by atoms with Gasteiger partial charge in [0.05, 0.1) is 29.1 Å². The van der Waals surface area contributed by atoms with E-state index in [1.54, 1.807) is 54.6 Å². The van der Waals surface area contributed by atoms with Crippen LogP contribution in [0.1, 0.15) is 16.7 Å². The highest BCUT2D eigenvalue weighted by Gasteiger charge is 2.44. The van der Waals surface area contributed by atoms with Crippen molar-refractivity contribution in [3.63, 3.8) is 0 Å². The van der Waals surface area contributed by atoms with E-state index in [1.807, 2.05) is 0 Å². The van der Waals surface area contributed by atoms with Crippen LogP contribution in [0.2, 0.25) is 5.02 Å². The zero-order chi connectivity index (χ0) is 31.4. The van der Waals surface area contributed by atoms with Crippen molar-refractivity contribution in [1.82, 2.24) is 5.01 Å². The van der Waals surface area contributed by atoms with Crippen LogP contribution in [0.3, 0.4) is 0 Å². The second-order valence-corrected chi connectivity index (χ2v) is 11.1. The van der Waals surface area contributed by atoms with Crippen molar-refractivity contribution in [3.05, 3.63) is 107 Å². The number of carbonyl (C=O) groups is 1. The molecule has 0 saturated carbocycles. The molecule has 4 rings (SSSR count). The molecule has 10 nitrogen and oxygen atoms in total. The third kappa shape index (κ3) is 7.16. The number of carbonyl (C=O) groups excluding carboxylic acids is 1. The first-order chi connectivity index (χ1) is 20.2. The van der Waals surface area contributed by atoms with Crippen molar-refractivity contribution in [3.8, 4) is 5.75 Å². The summed E-state index contributed by atoms with van der Waals surface area (Å²) in [5.74, 6) is -0.784. The maximum atomic E-state index is 13.3. The fraction of sp³-hybridized carbons (Fsp3) is 0.179. The minimum absolute atomic E-state index is 0.0800. The number of benzene rings is 3. The average Bonchev–Trinajstić information content (AvgIpc) is 3.34. The predicted octanol–water partition coefficient (Wildman–Crippen LogP) is 4.08. The molecule has 1 aliphatic heterocycles. The van der Waals surface area contributed by atoms with Crippen molar-refractivity contribution < 1.29 is 41.0 Å². The zero-order valence-electron chi connectivity index (χ0n) is 22.3. The summed E-state index contributed by atoms with van der Waals surface area (Å²) in [7, 11) is -3.49. The fourth-order valence-corrected chi connectivity index (χ4v) is 5.25. The number of hydrazone groups is 1. The summed E-state index contributed by atoms with van der Waals surface area (Å²) in [5, 5.41) is 16.4. The number of β-amino-alcohol motifs (C(OH)–C–C–N with tert-alkyl or cyclic N) is 1. The molecule has 1 atom stereocenters. The second kappa shape index (κ2) is 12.5. The molecule has 1 heterocycles. The fourth-order valence-electron chi connectivity index (χ4n) is 4.07. The Kier molecular flexibility index (Phi) is 9.13. The van der Waals surface area contributed by atoms with E-state index in [2.05, 4.69) is 14.2 Å². The van der Waals surface area contributed by atoms with Crippen molar-refractivity contribution >= 4 is 39.3 Å². The summed E-state index contributed by atoms with van der Waals surface area (Å²) in [6.45, 7) is -0.279. The van der Waals surface area contributed by atoms with Crippen LogP contribution < -0.4 is 10.5 Å². The minimum atomic E-state index is -4.90. The van der Waals surface area contributed by atoms with E-state index in [4.69, 9.17) is 22.1 Å². The van der Waals surface area contributed by atoms with Crippen molar-refractivity contribution in [2.24, 2.45) is 15.2 Å². The Bertz CT molecular complexity index is 1700. The van der Waals surface area contributed by atoms with E-state index < -0.39 is 49.2 Å². The maximum Gasteiger partial charge on any atom is 0.417 e. The van der Waals surface area contributed by atoms with Gasteiger partial charge in [-0.2, -0.15) is 26.7 Å². The summed E-state index contributed by atoms with van der Waals surface area (Å²) >= 11 is 5.61. The lowest BCUT2D eigenvalue weighted by Crippen LogP contribution is -2.42. The molecule has 3 aromatic rings. The number of guanidine groups is 1. The molecular formula is C28H24ClF3N4O6S. The first-order valence-electron chi connectivity index (χ1n) is 12.3. The van der Waals surface area contributed by atoms with Gasteiger partial charge in [-0.3, -0.25) is 0 Å². The van der Waals surface area contributed by atoms with Crippen LogP contribution in [-0.4, -0.2) is 56.4 Å². The molecule has 3 N–H and O–H groups in total. The molecule has 3 aromatic carbocycles. The molecule has 0 bridgehead atoms. The van der Waals surface area contributed by atoms with Crippen LogP contribution in [0, 0.1) is 0 Å². The molecule has 1 aliphatic rings. The molecule has 15 heteroatoms. The van der Waals surface area contributed by atoms with Crippen LogP contribution >= 0.6 is 11.6 Å². The number of methoxy groups -OCH3 is 1. The third-order valence-electron chi connectivity index (χ3n) is 6.19. The Labute approximate surface area is 249 Å². The van der Waals surface area contributed by atoms with Crippen molar-refractivity contribution in [2.45, 2.75) is 16.7 Å².